The first-order valence-electron chi connectivity index (χ1n) is 11.7. The van der Waals surface area contributed by atoms with Gasteiger partial charge < -0.3 is 11.1 Å². The molecule has 0 aliphatic rings. The molecular weight excluding hydrogens is 559 g/mol. The van der Waals surface area contributed by atoms with Crippen molar-refractivity contribution in [2.75, 3.05) is 18.4 Å². The van der Waals surface area contributed by atoms with Crippen molar-refractivity contribution >= 4 is 40.7 Å². The van der Waals surface area contributed by atoms with Crippen LogP contribution >= 0.6 is 23.2 Å². The number of alkyl halides is 6. The Morgan fingerprint density at radius 2 is 1.53 bits per heavy atom. The number of hydrogen-bond acceptors (Lipinski definition) is 3. The summed E-state index contributed by atoms with van der Waals surface area (Å²) in [6.07, 6.45) is -7.65. The SMILES string of the molecule is CCCCCCN(CC(=O)Nc1ccc(Cl)c(Cl)c1)C(Cc1cc(C(F)(F)F)cc(C(F)(F)F)c1)C(N)=O. The fourth-order valence-electron chi connectivity index (χ4n) is 3.82. The number of nitrogens with zero attached hydrogens (tertiary/aromatic N) is 1. The molecule has 0 saturated carbocycles. The summed E-state index contributed by atoms with van der Waals surface area (Å²) >= 11 is 11.8. The maximum absolute atomic E-state index is 13.3. The number of benzene rings is 2. The first-order chi connectivity index (χ1) is 17.6. The summed E-state index contributed by atoms with van der Waals surface area (Å²) in [6.45, 7) is 1.74. The van der Waals surface area contributed by atoms with Gasteiger partial charge in [0.25, 0.3) is 0 Å². The van der Waals surface area contributed by atoms with Gasteiger partial charge in [-0.3, -0.25) is 14.5 Å². The van der Waals surface area contributed by atoms with Gasteiger partial charge in [-0.05, 0) is 61.3 Å². The zero-order chi connectivity index (χ0) is 28.7. The van der Waals surface area contributed by atoms with E-state index in [1.165, 1.54) is 23.1 Å². The van der Waals surface area contributed by atoms with E-state index >= 15 is 0 Å². The third-order valence-electron chi connectivity index (χ3n) is 5.69. The second-order valence-electron chi connectivity index (χ2n) is 8.74. The standard InChI is InChI=1S/C25H27Cl2F6N3O2/c1-2-3-4-5-8-36(14-22(37)35-18-6-7-19(26)20(27)13-18)21(23(34)38)11-15-9-16(24(28,29)30)12-17(10-15)25(31,32)33/h6-7,9-10,12-13,21H,2-5,8,11,14H2,1H3,(H2,34,38)(H,35,37). The first-order valence-corrected chi connectivity index (χ1v) is 12.4. The van der Waals surface area contributed by atoms with E-state index in [-0.39, 0.29) is 28.2 Å². The lowest BCUT2D eigenvalue weighted by Crippen LogP contribution is -2.49. The number of hydrogen-bond donors (Lipinski definition) is 2. The summed E-state index contributed by atoms with van der Waals surface area (Å²) in [6, 6.07) is 4.12. The lowest BCUT2D eigenvalue weighted by atomic mass is 9.98. The summed E-state index contributed by atoms with van der Waals surface area (Å²) < 4.78 is 79.9. The average molecular weight is 586 g/mol. The minimum atomic E-state index is -5.04. The molecule has 0 aromatic heterocycles. The number of primary amides is 1. The third kappa shape index (κ3) is 9.67. The van der Waals surface area contributed by atoms with Crippen LogP contribution in [0.15, 0.2) is 36.4 Å². The van der Waals surface area contributed by atoms with Crippen molar-refractivity contribution in [2.45, 2.75) is 57.4 Å². The number of carbonyl (C=O) groups excluding carboxylic acids is 2. The van der Waals surface area contributed by atoms with E-state index in [4.69, 9.17) is 28.9 Å². The van der Waals surface area contributed by atoms with E-state index in [1.807, 2.05) is 6.92 Å². The number of anilines is 1. The molecular formula is C25H27Cl2F6N3O2. The summed E-state index contributed by atoms with van der Waals surface area (Å²) in [5.41, 5.74) is 2.45. The molecule has 2 amide bonds. The van der Waals surface area contributed by atoms with Crippen LogP contribution in [0.4, 0.5) is 32.0 Å². The van der Waals surface area contributed by atoms with Crippen LogP contribution in [-0.4, -0.2) is 35.8 Å². The van der Waals surface area contributed by atoms with Crippen LogP contribution in [0.2, 0.25) is 10.0 Å². The smallest absolute Gasteiger partial charge is 0.368 e. The quantitative estimate of drug-likeness (QED) is 0.209. The molecule has 5 nitrogen and oxygen atoms in total. The Balaban J connectivity index is 2.36. The van der Waals surface area contributed by atoms with E-state index in [1.54, 1.807) is 0 Å². The molecule has 3 N–H and O–H groups in total. The van der Waals surface area contributed by atoms with Crippen LogP contribution in [0.1, 0.15) is 49.3 Å². The predicted octanol–water partition coefficient (Wildman–Crippen LogP) is 6.95. The molecule has 0 aliphatic carbocycles. The summed E-state index contributed by atoms with van der Waals surface area (Å²) in [7, 11) is 0. The van der Waals surface area contributed by atoms with Gasteiger partial charge in [-0.25, -0.2) is 0 Å². The van der Waals surface area contributed by atoms with E-state index in [2.05, 4.69) is 5.32 Å². The van der Waals surface area contributed by atoms with Crippen molar-refractivity contribution in [2.24, 2.45) is 5.73 Å². The highest BCUT2D eigenvalue weighted by molar-refractivity contribution is 6.42. The molecule has 0 aliphatic heterocycles. The van der Waals surface area contributed by atoms with E-state index < -0.39 is 54.3 Å². The van der Waals surface area contributed by atoms with Gasteiger partial charge in [0.15, 0.2) is 0 Å². The number of amides is 2. The van der Waals surface area contributed by atoms with Crippen LogP contribution in [0.25, 0.3) is 0 Å². The maximum atomic E-state index is 13.3. The molecule has 0 bridgehead atoms. The Labute approximate surface area is 226 Å². The largest absolute Gasteiger partial charge is 0.416 e. The fourth-order valence-corrected chi connectivity index (χ4v) is 4.11. The van der Waals surface area contributed by atoms with Gasteiger partial charge in [0, 0.05) is 5.69 Å². The van der Waals surface area contributed by atoms with E-state index in [9.17, 15) is 35.9 Å². The van der Waals surface area contributed by atoms with Gasteiger partial charge in [-0.15, -0.1) is 0 Å². The number of rotatable bonds is 12. The molecule has 2 aromatic carbocycles. The highest BCUT2D eigenvalue weighted by Crippen LogP contribution is 2.36. The van der Waals surface area contributed by atoms with Gasteiger partial charge in [0.1, 0.15) is 0 Å². The van der Waals surface area contributed by atoms with Crippen LogP contribution in [-0.2, 0) is 28.4 Å². The average Bonchev–Trinajstić information content (AvgIpc) is 2.80. The highest BCUT2D eigenvalue weighted by Gasteiger charge is 2.37. The molecule has 13 heteroatoms. The zero-order valence-corrected chi connectivity index (χ0v) is 21.9. The van der Waals surface area contributed by atoms with Crippen molar-refractivity contribution < 1.29 is 35.9 Å². The molecule has 38 heavy (non-hydrogen) atoms. The third-order valence-corrected chi connectivity index (χ3v) is 6.43. The van der Waals surface area contributed by atoms with Gasteiger partial charge >= 0.3 is 12.4 Å². The minimum absolute atomic E-state index is 0.00990. The maximum Gasteiger partial charge on any atom is 0.416 e. The highest BCUT2D eigenvalue weighted by atomic mass is 35.5. The van der Waals surface area contributed by atoms with Crippen LogP contribution in [0.3, 0.4) is 0 Å². The van der Waals surface area contributed by atoms with Crippen molar-refractivity contribution in [1.29, 1.82) is 0 Å². The van der Waals surface area contributed by atoms with Crippen molar-refractivity contribution in [3.05, 3.63) is 63.1 Å². The van der Waals surface area contributed by atoms with Gasteiger partial charge in [-0.1, -0.05) is 49.4 Å². The predicted molar refractivity (Wildman–Crippen MR) is 134 cm³/mol. The molecule has 2 aromatic rings. The van der Waals surface area contributed by atoms with Gasteiger partial charge in [0.2, 0.25) is 11.8 Å². The topological polar surface area (TPSA) is 75.4 Å². The monoisotopic (exact) mass is 585 g/mol. The number of unbranched alkanes of at least 4 members (excludes halogenated alkanes) is 3. The van der Waals surface area contributed by atoms with Gasteiger partial charge in [-0.2, -0.15) is 26.3 Å². The fraction of sp³-hybridized carbons (Fsp3) is 0.440. The van der Waals surface area contributed by atoms with E-state index in [0.717, 1.165) is 19.3 Å². The van der Waals surface area contributed by atoms with Crippen LogP contribution in [0.5, 0.6) is 0 Å². The summed E-state index contributed by atoms with van der Waals surface area (Å²) in [4.78, 5) is 26.5. The molecule has 2 rings (SSSR count). The Morgan fingerprint density at radius 3 is 2.03 bits per heavy atom. The van der Waals surface area contributed by atoms with Crippen LogP contribution in [0, 0.1) is 0 Å². The molecule has 0 spiro atoms. The molecule has 1 unspecified atom stereocenters. The van der Waals surface area contributed by atoms with E-state index in [0.29, 0.717) is 24.2 Å². The Bertz CT molecular complexity index is 1090. The molecule has 1 atom stereocenters. The minimum Gasteiger partial charge on any atom is -0.368 e. The number of nitrogens with one attached hydrogen (secondary N) is 1. The van der Waals surface area contributed by atoms with Crippen LogP contribution < -0.4 is 11.1 Å². The Morgan fingerprint density at radius 1 is 0.921 bits per heavy atom. The molecule has 0 radical (unpaired) electrons. The zero-order valence-electron chi connectivity index (χ0n) is 20.4. The summed E-state index contributed by atoms with van der Waals surface area (Å²) in [5, 5.41) is 3.03. The second kappa shape index (κ2) is 13.5. The second-order valence-corrected chi connectivity index (χ2v) is 9.56. The molecule has 210 valence electrons. The molecule has 0 fully saturated rings. The summed E-state index contributed by atoms with van der Waals surface area (Å²) in [5.74, 6) is -1.58. The number of carbonyl (C=O) groups is 2. The van der Waals surface area contributed by atoms with Crippen molar-refractivity contribution in [1.82, 2.24) is 4.90 Å². The molecule has 0 heterocycles. The first kappa shape index (κ1) is 31.7. The van der Waals surface area contributed by atoms with Crippen molar-refractivity contribution in [3.8, 4) is 0 Å². The van der Waals surface area contributed by atoms with Gasteiger partial charge in [0.05, 0.1) is 33.8 Å². The lowest BCUT2D eigenvalue weighted by molar-refractivity contribution is -0.143. The molecule has 0 saturated heterocycles. The lowest BCUT2D eigenvalue weighted by Gasteiger charge is -2.29. The Kier molecular flexibility index (Phi) is 11.3. The number of halogens is 8. The Hall–Kier alpha value is -2.50. The normalized spacial score (nSPS) is 13.0. The number of nitrogens with two attached hydrogens (primary N) is 1. The van der Waals surface area contributed by atoms with Crippen molar-refractivity contribution in [3.63, 3.8) is 0 Å².